The SMILES string of the molecule is CC1(C(=O)OO)CCC(C(=O)O)C1(C)C. The molecule has 5 nitrogen and oxygen atoms in total. The van der Waals surface area contributed by atoms with Crippen molar-refractivity contribution in [2.45, 2.75) is 33.6 Å². The molecular formula is C10H16O5. The van der Waals surface area contributed by atoms with Crippen LogP contribution in [0.4, 0.5) is 0 Å². The largest absolute Gasteiger partial charge is 0.481 e. The lowest BCUT2D eigenvalue weighted by Crippen LogP contribution is -2.43. The maximum atomic E-state index is 11.5. The van der Waals surface area contributed by atoms with Crippen molar-refractivity contribution in [2.75, 3.05) is 0 Å². The molecule has 0 aliphatic heterocycles. The number of carboxylic acid groups (broad SMARTS) is 1. The van der Waals surface area contributed by atoms with Gasteiger partial charge in [-0.05, 0) is 25.2 Å². The molecule has 86 valence electrons. The van der Waals surface area contributed by atoms with Crippen LogP contribution in [0.5, 0.6) is 0 Å². The highest BCUT2D eigenvalue weighted by atomic mass is 17.1. The van der Waals surface area contributed by atoms with Gasteiger partial charge in [-0.15, -0.1) is 0 Å². The molecule has 2 N–H and O–H groups in total. The summed E-state index contributed by atoms with van der Waals surface area (Å²) < 4.78 is 0. The van der Waals surface area contributed by atoms with Crippen molar-refractivity contribution in [2.24, 2.45) is 16.7 Å². The number of carbonyl (C=O) groups is 2. The molecule has 0 heterocycles. The van der Waals surface area contributed by atoms with Crippen molar-refractivity contribution in [3.63, 3.8) is 0 Å². The Hall–Kier alpha value is -1.10. The molecule has 2 atom stereocenters. The highest BCUT2D eigenvalue weighted by Crippen LogP contribution is 2.56. The first-order chi connectivity index (χ1) is 6.77. The maximum Gasteiger partial charge on any atom is 0.348 e. The van der Waals surface area contributed by atoms with Crippen LogP contribution in [0.25, 0.3) is 0 Å². The van der Waals surface area contributed by atoms with E-state index in [9.17, 15) is 9.59 Å². The quantitative estimate of drug-likeness (QED) is 0.540. The fraction of sp³-hybridized carbons (Fsp3) is 0.800. The molecule has 0 bridgehead atoms. The minimum Gasteiger partial charge on any atom is -0.481 e. The molecule has 0 aromatic rings. The summed E-state index contributed by atoms with van der Waals surface area (Å²) in [6.45, 7) is 5.07. The second-order valence-corrected chi connectivity index (χ2v) is 4.86. The second-order valence-electron chi connectivity index (χ2n) is 4.86. The van der Waals surface area contributed by atoms with Gasteiger partial charge < -0.3 is 9.99 Å². The lowest BCUT2D eigenvalue weighted by molar-refractivity contribution is -0.249. The first kappa shape index (κ1) is 12.0. The summed E-state index contributed by atoms with van der Waals surface area (Å²) in [6.07, 6.45) is 0.838. The van der Waals surface area contributed by atoms with E-state index in [1.807, 2.05) is 0 Å². The number of hydrogen-bond acceptors (Lipinski definition) is 4. The Bertz CT molecular complexity index is 296. The van der Waals surface area contributed by atoms with Gasteiger partial charge in [0.25, 0.3) is 0 Å². The maximum absolute atomic E-state index is 11.5. The molecule has 1 saturated carbocycles. The summed E-state index contributed by atoms with van der Waals surface area (Å²) in [4.78, 5) is 26.2. The van der Waals surface area contributed by atoms with Crippen molar-refractivity contribution in [3.8, 4) is 0 Å². The van der Waals surface area contributed by atoms with Gasteiger partial charge in [-0.1, -0.05) is 13.8 Å². The van der Waals surface area contributed by atoms with Gasteiger partial charge in [0.2, 0.25) is 0 Å². The van der Waals surface area contributed by atoms with Crippen LogP contribution in [0, 0.1) is 16.7 Å². The van der Waals surface area contributed by atoms with Crippen molar-refractivity contribution < 1.29 is 24.8 Å². The van der Waals surface area contributed by atoms with E-state index in [0.717, 1.165) is 0 Å². The zero-order valence-electron chi connectivity index (χ0n) is 9.11. The smallest absolute Gasteiger partial charge is 0.348 e. The van der Waals surface area contributed by atoms with Crippen LogP contribution in [0.3, 0.4) is 0 Å². The molecule has 0 saturated heterocycles. The van der Waals surface area contributed by atoms with Gasteiger partial charge in [0.15, 0.2) is 0 Å². The summed E-state index contributed by atoms with van der Waals surface area (Å²) in [7, 11) is 0. The molecule has 1 fully saturated rings. The predicted octanol–water partition coefficient (Wildman–Crippen LogP) is 1.53. The summed E-state index contributed by atoms with van der Waals surface area (Å²) in [5, 5.41) is 17.4. The van der Waals surface area contributed by atoms with Gasteiger partial charge in [-0.3, -0.25) is 4.79 Å². The second kappa shape index (κ2) is 3.48. The number of carbonyl (C=O) groups excluding carboxylic acids is 1. The van der Waals surface area contributed by atoms with Gasteiger partial charge in [0.1, 0.15) is 0 Å². The molecule has 0 aromatic carbocycles. The minimum absolute atomic E-state index is 0.413. The van der Waals surface area contributed by atoms with E-state index in [4.69, 9.17) is 10.4 Å². The van der Waals surface area contributed by atoms with Gasteiger partial charge >= 0.3 is 11.9 Å². The van der Waals surface area contributed by atoms with Crippen molar-refractivity contribution >= 4 is 11.9 Å². The zero-order valence-corrected chi connectivity index (χ0v) is 9.11. The van der Waals surface area contributed by atoms with Gasteiger partial charge in [0.05, 0.1) is 11.3 Å². The zero-order chi connectivity index (χ0) is 11.9. The average molecular weight is 216 g/mol. The molecule has 0 radical (unpaired) electrons. The molecule has 2 unspecified atom stereocenters. The number of aliphatic carboxylic acids is 1. The van der Waals surface area contributed by atoms with Crippen molar-refractivity contribution in [3.05, 3.63) is 0 Å². The number of hydrogen-bond donors (Lipinski definition) is 2. The molecule has 1 aliphatic carbocycles. The van der Waals surface area contributed by atoms with E-state index in [0.29, 0.717) is 12.8 Å². The molecule has 5 heteroatoms. The molecule has 15 heavy (non-hydrogen) atoms. The van der Waals surface area contributed by atoms with Crippen LogP contribution in [0.15, 0.2) is 0 Å². The Labute approximate surface area is 88.0 Å². The first-order valence-corrected chi connectivity index (χ1v) is 4.86. The van der Waals surface area contributed by atoms with E-state index in [2.05, 4.69) is 4.89 Å². The first-order valence-electron chi connectivity index (χ1n) is 4.86. The van der Waals surface area contributed by atoms with E-state index in [1.54, 1.807) is 20.8 Å². The molecule has 1 aliphatic rings. The van der Waals surface area contributed by atoms with E-state index in [1.165, 1.54) is 0 Å². The topological polar surface area (TPSA) is 83.8 Å². The molecule has 0 amide bonds. The lowest BCUT2D eigenvalue weighted by Gasteiger charge is -2.37. The Kier molecular flexibility index (Phi) is 2.78. The van der Waals surface area contributed by atoms with E-state index >= 15 is 0 Å². The van der Waals surface area contributed by atoms with Crippen LogP contribution < -0.4 is 0 Å². The molecular weight excluding hydrogens is 200 g/mol. The summed E-state index contributed by atoms with van der Waals surface area (Å²) in [6, 6.07) is 0. The lowest BCUT2D eigenvalue weighted by atomic mass is 9.66. The Morgan fingerprint density at radius 2 is 1.87 bits per heavy atom. The number of carboxylic acids is 1. The van der Waals surface area contributed by atoms with Crippen molar-refractivity contribution in [1.29, 1.82) is 0 Å². The third-order valence-corrected chi connectivity index (χ3v) is 4.06. The van der Waals surface area contributed by atoms with E-state index < -0.39 is 28.7 Å². The Morgan fingerprint density at radius 1 is 1.33 bits per heavy atom. The molecule has 0 spiro atoms. The predicted molar refractivity (Wildman–Crippen MR) is 51.0 cm³/mol. The third kappa shape index (κ3) is 1.51. The van der Waals surface area contributed by atoms with Gasteiger partial charge in [0, 0.05) is 0 Å². The monoisotopic (exact) mass is 216 g/mol. The normalized spacial score (nSPS) is 33.7. The fourth-order valence-corrected chi connectivity index (χ4v) is 2.40. The average Bonchev–Trinajstić information content (AvgIpc) is 2.38. The van der Waals surface area contributed by atoms with Crippen LogP contribution in [-0.4, -0.2) is 22.3 Å². The minimum atomic E-state index is -0.940. The summed E-state index contributed by atoms with van der Waals surface area (Å²) >= 11 is 0. The Balaban J connectivity index is 3.06. The fourth-order valence-electron chi connectivity index (χ4n) is 2.40. The van der Waals surface area contributed by atoms with Gasteiger partial charge in [-0.2, -0.15) is 5.26 Å². The van der Waals surface area contributed by atoms with E-state index in [-0.39, 0.29) is 0 Å². The third-order valence-electron chi connectivity index (χ3n) is 4.06. The van der Waals surface area contributed by atoms with Crippen LogP contribution in [0.1, 0.15) is 33.6 Å². The van der Waals surface area contributed by atoms with Gasteiger partial charge in [-0.25, -0.2) is 4.79 Å². The standard InChI is InChI=1S/C10H16O5/c1-9(2)6(7(11)12)4-5-10(9,3)8(13)15-14/h6,14H,4-5H2,1-3H3,(H,11,12). The summed E-state index contributed by atoms with van der Waals surface area (Å²) in [5.41, 5.74) is -1.66. The number of rotatable bonds is 2. The van der Waals surface area contributed by atoms with Crippen LogP contribution in [0.2, 0.25) is 0 Å². The Morgan fingerprint density at radius 3 is 2.20 bits per heavy atom. The van der Waals surface area contributed by atoms with Crippen LogP contribution in [-0.2, 0) is 14.5 Å². The summed E-state index contributed by atoms with van der Waals surface area (Å²) in [5.74, 6) is -2.24. The molecule has 0 aromatic heterocycles. The highest BCUT2D eigenvalue weighted by Gasteiger charge is 2.59. The molecule has 1 rings (SSSR count). The highest BCUT2D eigenvalue weighted by molar-refractivity contribution is 5.81. The van der Waals surface area contributed by atoms with Crippen molar-refractivity contribution in [1.82, 2.24) is 0 Å². The van der Waals surface area contributed by atoms with Crippen LogP contribution >= 0.6 is 0 Å².